The number of rotatable bonds is 3. The molecule has 0 aromatic carbocycles. The molecule has 74 valence electrons. The van der Waals surface area contributed by atoms with Crippen LogP contribution < -0.4 is 5.32 Å². The second-order valence-corrected chi connectivity index (χ2v) is 4.03. The monoisotopic (exact) mass is 183 g/mol. The van der Waals surface area contributed by atoms with Crippen LogP contribution in [-0.4, -0.2) is 25.2 Å². The lowest BCUT2D eigenvalue weighted by atomic mass is 9.95. The van der Waals surface area contributed by atoms with E-state index in [-0.39, 0.29) is 11.4 Å². The van der Waals surface area contributed by atoms with E-state index in [1.165, 1.54) is 6.42 Å². The summed E-state index contributed by atoms with van der Waals surface area (Å²) in [6.07, 6.45) is 4.37. The van der Waals surface area contributed by atoms with Crippen molar-refractivity contribution in [2.75, 3.05) is 13.2 Å². The zero-order valence-corrected chi connectivity index (χ0v) is 8.14. The molecule has 1 unspecified atom stereocenters. The molecular formula is C10H17NO2. The Morgan fingerprint density at radius 2 is 2.38 bits per heavy atom. The SMILES string of the molecule is CCOC(=O)C1(C2CCCN2)CC1. The van der Waals surface area contributed by atoms with Gasteiger partial charge in [0.2, 0.25) is 0 Å². The van der Waals surface area contributed by atoms with Crippen molar-refractivity contribution in [3.8, 4) is 0 Å². The number of ether oxygens (including phenoxy) is 1. The molecule has 2 fully saturated rings. The zero-order valence-electron chi connectivity index (χ0n) is 8.14. The van der Waals surface area contributed by atoms with Gasteiger partial charge in [-0.1, -0.05) is 0 Å². The number of esters is 1. The summed E-state index contributed by atoms with van der Waals surface area (Å²) in [5.41, 5.74) is -0.132. The van der Waals surface area contributed by atoms with E-state index in [4.69, 9.17) is 4.74 Å². The van der Waals surface area contributed by atoms with Gasteiger partial charge < -0.3 is 10.1 Å². The fourth-order valence-corrected chi connectivity index (χ4v) is 2.26. The first-order chi connectivity index (χ1) is 6.29. The summed E-state index contributed by atoms with van der Waals surface area (Å²) in [7, 11) is 0. The van der Waals surface area contributed by atoms with Crippen molar-refractivity contribution in [1.82, 2.24) is 5.32 Å². The lowest BCUT2D eigenvalue weighted by Gasteiger charge is -2.20. The Kier molecular flexibility index (Phi) is 2.28. The predicted octanol–water partition coefficient (Wildman–Crippen LogP) is 1.08. The van der Waals surface area contributed by atoms with Gasteiger partial charge in [-0.25, -0.2) is 0 Å². The second kappa shape index (κ2) is 3.29. The van der Waals surface area contributed by atoms with Crippen LogP contribution in [0, 0.1) is 5.41 Å². The number of carbonyl (C=O) groups excluding carboxylic acids is 1. The summed E-state index contributed by atoms with van der Waals surface area (Å²) in [5, 5.41) is 3.40. The maximum Gasteiger partial charge on any atom is 0.313 e. The van der Waals surface area contributed by atoms with Crippen LogP contribution in [0.5, 0.6) is 0 Å². The molecule has 0 radical (unpaired) electrons. The Morgan fingerprint density at radius 3 is 2.85 bits per heavy atom. The molecule has 2 rings (SSSR count). The molecule has 1 heterocycles. The van der Waals surface area contributed by atoms with E-state index in [0.29, 0.717) is 12.6 Å². The average Bonchev–Trinajstić information content (AvgIpc) is 2.76. The Balaban J connectivity index is 1.98. The number of hydrogen-bond acceptors (Lipinski definition) is 3. The van der Waals surface area contributed by atoms with Gasteiger partial charge in [0.25, 0.3) is 0 Å². The maximum absolute atomic E-state index is 11.7. The van der Waals surface area contributed by atoms with Gasteiger partial charge in [0, 0.05) is 6.04 Å². The van der Waals surface area contributed by atoms with E-state index < -0.39 is 0 Å². The number of hydrogen-bond donors (Lipinski definition) is 1. The highest BCUT2D eigenvalue weighted by molar-refractivity contribution is 5.81. The average molecular weight is 183 g/mol. The Hall–Kier alpha value is -0.570. The van der Waals surface area contributed by atoms with Crippen LogP contribution in [0.2, 0.25) is 0 Å². The van der Waals surface area contributed by atoms with Gasteiger partial charge in [0.15, 0.2) is 0 Å². The Labute approximate surface area is 78.8 Å². The summed E-state index contributed by atoms with van der Waals surface area (Å²) in [5.74, 6) is 0.0226. The van der Waals surface area contributed by atoms with Crippen molar-refractivity contribution in [1.29, 1.82) is 0 Å². The van der Waals surface area contributed by atoms with Crippen LogP contribution >= 0.6 is 0 Å². The smallest absolute Gasteiger partial charge is 0.313 e. The number of carbonyl (C=O) groups is 1. The molecule has 1 N–H and O–H groups in total. The van der Waals surface area contributed by atoms with E-state index in [2.05, 4.69) is 5.32 Å². The maximum atomic E-state index is 11.7. The molecule has 0 spiro atoms. The minimum Gasteiger partial charge on any atom is -0.466 e. The molecule has 0 aromatic heterocycles. The van der Waals surface area contributed by atoms with Gasteiger partial charge in [-0.15, -0.1) is 0 Å². The van der Waals surface area contributed by atoms with Gasteiger partial charge in [-0.3, -0.25) is 4.79 Å². The molecule has 0 amide bonds. The first kappa shape index (κ1) is 9.00. The highest BCUT2D eigenvalue weighted by atomic mass is 16.5. The van der Waals surface area contributed by atoms with Gasteiger partial charge in [-0.2, -0.15) is 0 Å². The third kappa shape index (κ3) is 1.46. The predicted molar refractivity (Wildman–Crippen MR) is 49.3 cm³/mol. The van der Waals surface area contributed by atoms with Gasteiger partial charge in [-0.05, 0) is 39.2 Å². The highest BCUT2D eigenvalue weighted by Gasteiger charge is 2.57. The molecule has 2 aliphatic rings. The van der Waals surface area contributed by atoms with Crippen LogP contribution in [0.1, 0.15) is 32.6 Å². The summed E-state index contributed by atoms with van der Waals surface area (Å²) < 4.78 is 5.10. The van der Waals surface area contributed by atoms with E-state index in [0.717, 1.165) is 25.8 Å². The number of nitrogens with one attached hydrogen (secondary N) is 1. The summed E-state index contributed by atoms with van der Waals surface area (Å²) in [4.78, 5) is 11.7. The second-order valence-electron chi connectivity index (χ2n) is 4.03. The van der Waals surface area contributed by atoms with Crippen molar-refractivity contribution in [2.45, 2.75) is 38.6 Å². The van der Waals surface area contributed by atoms with Gasteiger partial charge >= 0.3 is 5.97 Å². The third-order valence-corrected chi connectivity index (χ3v) is 3.20. The van der Waals surface area contributed by atoms with E-state index >= 15 is 0 Å². The molecule has 0 bridgehead atoms. The molecule has 3 nitrogen and oxygen atoms in total. The Bertz CT molecular complexity index is 205. The molecule has 1 aliphatic carbocycles. The zero-order chi connectivity index (χ0) is 9.31. The molecule has 3 heteroatoms. The molecule has 13 heavy (non-hydrogen) atoms. The van der Waals surface area contributed by atoms with Crippen LogP contribution in [0.25, 0.3) is 0 Å². The highest BCUT2D eigenvalue weighted by Crippen LogP contribution is 2.51. The van der Waals surface area contributed by atoms with E-state index in [1.54, 1.807) is 0 Å². The quantitative estimate of drug-likeness (QED) is 0.665. The standard InChI is InChI=1S/C10H17NO2/c1-2-13-9(12)10(5-6-10)8-4-3-7-11-8/h8,11H,2-7H2,1H3. The van der Waals surface area contributed by atoms with Crippen molar-refractivity contribution < 1.29 is 9.53 Å². The lowest BCUT2D eigenvalue weighted by Crippen LogP contribution is -2.38. The van der Waals surface area contributed by atoms with Gasteiger partial charge in [0.05, 0.1) is 12.0 Å². The topological polar surface area (TPSA) is 38.3 Å². The fourth-order valence-electron chi connectivity index (χ4n) is 2.26. The molecular weight excluding hydrogens is 166 g/mol. The first-order valence-corrected chi connectivity index (χ1v) is 5.20. The third-order valence-electron chi connectivity index (χ3n) is 3.20. The molecule has 0 aromatic rings. The van der Waals surface area contributed by atoms with Crippen molar-refractivity contribution in [3.63, 3.8) is 0 Å². The Morgan fingerprint density at radius 1 is 1.62 bits per heavy atom. The fraction of sp³-hybridized carbons (Fsp3) is 0.900. The normalized spacial score (nSPS) is 30.1. The van der Waals surface area contributed by atoms with Crippen molar-refractivity contribution in [3.05, 3.63) is 0 Å². The summed E-state index contributed by atoms with van der Waals surface area (Å²) in [6.45, 7) is 3.44. The molecule has 1 saturated carbocycles. The van der Waals surface area contributed by atoms with Crippen LogP contribution in [-0.2, 0) is 9.53 Å². The lowest BCUT2D eigenvalue weighted by molar-refractivity contribution is -0.150. The van der Waals surface area contributed by atoms with Crippen molar-refractivity contribution >= 4 is 5.97 Å². The van der Waals surface area contributed by atoms with Crippen LogP contribution in [0.15, 0.2) is 0 Å². The van der Waals surface area contributed by atoms with Crippen molar-refractivity contribution in [2.24, 2.45) is 5.41 Å². The van der Waals surface area contributed by atoms with Crippen LogP contribution in [0.4, 0.5) is 0 Å². The molecule has 1 aliphatic heterocycles. The molecule has 1 atom stereocenters. The first-order valence-electron chi connectivity index (χ1n) is 5.20. The van der Waals surface area contributed by atoms with E-state index in [9.17, 15) is 4.79 Å². The summed E-state index contributed by atoms with van der Waals surface area (Å²) in [6, 6.07) is 0.395. The van der Waals surface area contributed by atoms with Crippen LogP contribution in [0.3, 0.4) is 0 Å². The minimum atomic E-state index is -0.132. The minimum absolute atomic E-state index is 0.0226. The van der Waals surface area contributed by atoms with Gasteiger partial charge in [0.1, 0.15) is 0 Å². The largest absolute Gasteiger partial charge is 0.466 e. The summed E-state index contributed by atoms with van der Waals surface area (Å²) >= 11 is 0. The molecule has 1 saturated heterocycles. The van der Waals surface area contributed by atoms with E-state index in [1.807, 2.05) is 6.92 Å².